The molecule has 0 heterocycles. The largest absolute Gasteiger partial charge is 0.496 e. The van der Waals surface area contributed by atoms with Crippen LogP contribution in [-0.4, -0.2) is 39.7 Å². The zero-order chi connectivity index (χ0) is 20.7. The minimum atomic E-state index is -0.629. The van der Waals surface area contributed by atoms with Gasteiger partial charge in [0.2, 0.25) is 5.78 Å². The van der Waals surface area contributed by atoms with Gasteiger partial charge in [-0.1, -0.05) is 17.7 Å². The molecule has 2 aromatic rings. The van der Waals surface area contributed by atoms with Gasteiger partial charge in [-0.2, -0.15) is 0 Å². The lowest BCUT2D eigenvalue weighted by atomic mass is 10.0. The summed E-state index contributed by atoms with van der Waals surface area (Å²) in [5.74, 6) is 0.648. The Morgan fingerprint density at radius 1 is 0.893 bits per heavy atom. The number of hydrogen-bond acceptors (Lipinski definition) is 6. The minimum absolute atomic E-state index is 0.244. The van der Waals surface area contributed by atoms with Crippen molar-refractivity contribution in [2.75, 3.05) is 27.9 Å². The highest BCUT2D eigenvalue weighted by Crippen LogP contribution is 2.35. The van der Waals surface area contributed by atoms with Gasteiger partial charge in [0.15, 0.2) is 18.1 Å². The molecule has 0 fully saturated rings. The van der Waals surface area contributed by atoms with Gasteiger partial charge in [-0.15, -0.1) is 0 Å². The Balaban J connectivity index is 2.07. The summed E-state index contributed by atoms with van der Waals surface area (Å²) < 4.78 is 20.9. The molecule has 0 spiro atoms. The normalized spacial score (nSPS) is 10.6. The van der Waals surface area contributed by atoms with Crippen molar-refractivity contribution >= 4 is 17.8 Å². The van der Waals surface area contributed by atoms with Crippen molar-refractivity contribution in [2.24, 2.45) is 0 Å². The lowest BCUT2D eigenvalue weighted by molar-refractivity contribution is -0.136. The van der Waals surface area contributed by atoms with Crippen molar-refractivity contribution in [3.05, 3.63) is 58.7 Å². The van der Waals surface area contributed by atoms with Gasteiger partial charge in [0.05, 0.1) is 21.3 Å². The summed E-state index contributed by atoms with van der Waals surface area (Å²) in [4.78, 5) is 24.3. The molecule has 0 radical (unpaired) electrons. The van der Waals surface area contributed by atoms with Crippen LogP contribution in [0.5, 0.6) is 17.2 Å². The summed E-state index contributed by atoms with van der Waals surface area (Å²) in [6.07, 6.45) is 2.77. The van der Waals surface area contributed by atoms with Crippen LogP contribution in [0.2, 0.25) is 0 Å². The van der Waals surface area contributed by atoms with Crippen molar-refractivity contribution in [3.63, 3.8) is 0 Å². The molecule has 148 valence electrons. The Bertz CT molecular complexity index is 898. The number of Topliss-reactive ketones (excluding diaryl/α,β-unsaturated/α-hetero) is 1. The topological polar surface area (TPSA) is 71.1 Å². The Morgan fingerprint density at radius 3 is 2.18 bits per heavy atom. The van der Waals surface area contributed by atoms with E-state index in [1.54, 1.807) is 18.2 Å². The molecule has 0 atom stereocenters. The number of aryl methyl sites for hydroxylation is 2. The number of benzene rings is 2. The lowest BCUT2D eigenvalue weighted by Crippen LogP contribution is -2.13. The summed E-state index contributed by atoms with van der Waals surface area (Å²) in [5.41, 5.74) is 2.98. The number of hydrogen-bond donors (Lipinski definition) is 0. The van der Waals surface area contributed by atoms with Crippen molar-refractivity contribution in [1.82, 2.24) is 0 Å². The van der Waals surface area contributed by atoms with E-state index in [2.05, 4.69) is 0 Å². The summed E-state index contributed by atoms with van der Waals surface area (Å²) in [6, 6.07) is 8.93. The highest BCUT2D eigenvalue weighted by Gasteiger charge is 2.13. The van der Waals surface area contributed by atoms with Crippen LogP contribution in [0, 0.1) is 13.8 Å². The molecule has 0 saturated carbocycles. The fraction of sp³-hybridized carbons (Fsp3) is 0.273. The fourth-order valence-corrected chi connectivity index (χ4v) is 2.64. The lowest BCUT2D eigenvalue weighted by Gasteiger charge is -2.12. The van der Waals surface area contributed by atoms with Crippen LogP contribution in [0.15, 0.2) is 36.4 Å². The van der Waals surface area contributed by atoms with E-state index in [9.17, 15) is 9.59 Å². The summed E-state index contributed by atoms with van der Waals surface area (Å²) in [6.45, 7) is 3.43. The van der Waals surface area contributed by atoms with E-state index < -0.39 is 5.97 Å². The average Bonchev–Trinajstić information content (AvgIpc) is 2.71. The van der Waals surface area contributed by atoms with Gasteiger partial charge in [-0.25, -0.2) is 4.79 Å². The van der Waals surface area contributed by atoms with Gasteiger partial charge < -0.3 is 18.9 Å². The number of methoxy groups -OCH3 is 3. The van der Waals surface area contributed by atoms with Crippen LogP contribution in [0.4, 0.5) is 0 Å². The molecule has 0 saturated heterocycles. The number of ketones is 1. The van der Waals surface area contributed by atoms with Gasteiger partial charge in [0.1, 0.15) is 5.75 Å². The predicted octanol–water partition coefficient (Wildman–Crippen LogP) is 3.77. The van der Waals surface area contributed by atoms with Gasteiger partial charge in [-0.3, -0.25) is 4.79 Å². The number of carbonyl (C=O) groups excluding carboxylic acids is 2. The first-order chi connectivity index (χ1) is 13.4. The molecule has 0 aliphatic heterocycles. The number of carbonyl (C=O) groups is 2. The molecule has 0 unspecified atom stereocenters. The number of rotatable bonds is 8. The highest BCUT2D eigenvalue weighted by molar-refractivity contribution is 6.00. The quantitative estimate of drug-likeness (QED) is 0.392. The Labute approximate surface area is 164 Å². The maximum absolute atomic E-state index is 12.3. The van der Waals surface area contributed by atoms with Crippen LogP contribution >= 0.6 is 0 Å². The molecule has 0 amide bonds. The third-order valence-corrected chi connectivity index (χ3v) is 4.17. The zero-order valence-electron chi connectivity index (χ0n) is 16.7. The molecule has 0 aliphatic rings. The molecule has 6 nitrogen and oxygen atoms in total. The second kappa shape index (κ2) is 9.60. The fourth-order valence-electron chi connectivity index (χ4n) is 2.64. The van der Waals surface area contributed by atoms with Crippen molar-refractivity contribution in [3.8, 4) is 17.2 Å². The maximum atomic E-state index is 12.3. The summed E-state index contributed by atoms with van der Waals surface area (Å²) in [7, 11) is 4.56. The monoisotopic (exact) mass is 384 g/mol. The SMILES string of the molecule is COc1cc(OC)c(OC)cc1/C=C/C(=O)OCC(=O)c1cc(C)ccc1C. The van der Waals surface area contributed by atoms with Crippen LogP contribution in [-0.2, 0) is 9.53 Å². The molecule has 0 N–H and O–H groups in total. The summed E-state index contributed by atoms with van der Waals surface area (Å²) >= 11 is 0. The van der Waals surface area contributed by atoms with E-state index in [1.165, 1.54) is 33.5 Å². The second-order valence-corrected chi connectivity index (χ2v) is 6.13. The smallest absolute Gasteiger partial charge is 0.331 e. The van der Waals surface area contributed by atoms with Crippen LogP contribution in [0.3, 0.4) is 0 Å². The molecule has 2 aromatic carbocycles. The first-order valence-electron chi connectivity index (χ1n) is 8.65. The number of ether oxygens (including phenoxy) is 4. The molecule has 0 aliphatic carbocycles. The van der Waals surface area contributed by atoms with Gasteiger partial charge >= 0.3 is 5.97 Å². The maximum Gasteiger partial charge on any atom is 0.331 e. The highest BCUT2D eigenvalue weighted by atomic mass is 16.5. The minimum Gasteiger partial charge on any atom is -0.496 e. The molecule has 2 rings (SSSR count). The molecule has 0 bridgehead atoms. The van der Waals surface area contributed by atoms with E-state index >= 15 is 0 Å². The van der Waals surface area contributed by atoms with Crippen LogP contribution < -0.4 is 14.2 Å². The zero-order valence-corrected chi connectivity index (χ0v) is 16.7. The Kier molecular flexibility index (Phi) is 7.21. The van der Waals surface area contributed by atoms with E-state index in [-0.39, 0.29) is 12.4 Å². The molecular weight excluding hydrogens is 360 g/mol. The van der Waals surface area contributed by atoms with Crippen molar-refractivity contribution in [2.45, 2.75) is 13.8 Å². The van der Waals surface area contributed by atoms with Crippen molar-refractivity contribution < 1.29 is 28.5 Å². The molecule has 0 aromatic heterocycles. The van der Waals surface area contributed by atoms with E-state index in [4.69, 9.17) is 18.9 Å². The molecule has 6 heteroatoms. The first kappa shape index (κ1) is 21.0. The Hall–Kier alpha value is -3.28. The Morgan fingerprint density at radius 2 is 1.54 bits per heavy atom. The molecular formula is C22H24O6. The number of esters is 1. The molecule has 28 heavy (non-hydrogen) atoms. The second-order valence-electron chi connectivity index (χ2n) is 6.13. The third-order valence-electron chi connectivity index (χ3n) is 4.17. The van der Waals surface area contributed by atoms with E-state index in [0.29, 0.717) is 28.4 Å². The van der Waals surface area contributed by atoms with Crippen molar-refractivity contribution in [1.29, 1.82) is 0 Å². The van der Waals surface area contributed by atoms with E-state index in [1.807, 2.05) is 26.0 Å². The third kappa shape index (κ3) is 5.13. The van der Waals surface area contributed by atoms with Crippen LogP contribution in [0.1, 0.15) is 27.0 Å². The predicted molar refractivity (Wildman–Crippen MR) is 106 cm³/mol. The first-order valence-corrected chi connectivity index (χ1v) is 8.65. The van der Waals surface area contributed by atoms with Gasteiger partial charge in [0, 0.05) is 23.3 Å². The van der Waals surface area contributed by atoms with Crippen LogP contribution in [0.25, 0.3) is 6.08 Å². The van der Waals surface area contributed by atoms with Gasteiger partial charge in [0.25, 0.3) is 0 Å². The standard InChI is InChI=1S/C22H24O6/c1-14-6-7-15(2)17(10-14)18(23)13-28-22(24)9-8-16-11-20(26-4)21(27-5)12-19(16)25-3/h6-12H,13H2,1-5H3/b9-8+. The summed E-state index contributed by atoms with van der Waals surface area (Å²) in [5, 5.41) is 0. The van der Waals surface area contributed by atoms with Gasteiger partial charge in [-0.05, 0) is 37.6 Å². The average molecular weight is 384 g/mol. The van der Waals surface area contributed by atoms with E-state index in [0.717, 1.165) is 11.1 Å².